The summed E-state index contributed by atoms with van der Waals surface area (Å²) >= 11 is 0. The van der Waals surface area contributed by atoms with Crippen molar-refractivity contribution in [3.8, 4) is 5.69 Å². The maximum Gasteiger partial charge on any atom is 0.275 e. The highest BCUT2D eigenvalue weighted by atomic mass is 16.2. The number of amides is 1. The topological polar surface area (TPSA) is 64.0 Å². The van der Waals surface area contributed by atoms with Crippen LogP contribution in [0.3, 0.4) is 0 Å². The summed E-state index contributed by atoms with van der Waals surface area (Å²) < 4.78 is 1.61. The quantitative estimate of drug-likeness (QED) is 0.921. The molecule has 22 heavy (non-hydrogen) atoms. The van der Waals surface area contributed by atoms with Gasteiger partial charge in [-0.3, -0.25) is 9.59 Å². The summed E-state index contributed by atoms with van der Waals surface area (Å²) in [6, 6.07) is 10.9. The van der Waals surface area contributed by atoms with Crippen LogP contribution in [0.4, 0.5) is 0 Å². The summed E-state index contributed by atoms with van der Waals surface area (Å²) in [6.45, 7) is 6.50. The number of para-hydroxylation sites is 1. The highest BCUT2D eigenvalue weighted by Gasteiger charge is 2.14. The zero-order valence-corrected chi connectivity index (χ0v) is 13.2. The van der Waals surface area contributed by atoms with Crippen LogP contribution in [0.1, 0.15) is 36.5 Å². The number of nitrogens with zero attached hydrogens (tertiary/aromatic N) is 2. The number of aromatic nitrogens is 2. The largest absolute Gasteiger partial charge is 0.351 e. The van der Waals surface area contributed by atoms with Gasteiger partial charge in [0.05, 0.1) is 5.69 Å². The van der Waals surface area contributed by atoms with E-state index in [0.717, 1.165) is 12.1 Å². The average Bonchev–Trinajstić information content (AvgIpc) is 2.47. The maximum absolute atomic E-state index is 12.2. The first-order valence-corrected chi connectivity index (χ1v) is 7.43. The molecule has 0 aliphatic carbocycles. The zero-order chi connectivity index (χ0) is 16.1. The monoisotopic (exact) mass is 299 g/mol. The number of rotatable bonds is 5. The number of hydrogen-bond acceptors (Lipinski definition) is 3. The molecule has 2 aromatic rings. The van der Waals surface area contributed by atoms with Gasteiger partial charge in [0, 0.05) is 18.3 Å². The summed E-state index contributed by atoms with van der Waals surface area (Å²) in [7, 11) is 0. The van der Waals surface area contributed by atoms with Crippen LogP contribution in [-0.2, 0) is 0 Å². The number of nitrogens with one attached hydrogen (secondary N) is 1. The van der Waals surface area contributed by atoms with Gasteiger partial charge in [-0.05, 0) is 31.4 Å². The van der Waals surface area contributed by atoms with E-state index >= 15 is 0 Å². The molecule has 1 N–H and O–H groups in total. The Hall–Kier alpha value is -2.43. The molecule has 1 aromatic heterocycles. The molecule has 0 spiro atoms. The van der Waals surface area contributed by atoms with E-state index in [1.165, 1.54) is 6.07 Å². The molecule has 1 amide bonds. The molecular formula is C17H21N3O2. The van der Waals surface area contributed by atoms with Crippen molar-refractivity contribution in [2.45, 2.75) is 27.2 Å². The molecule has 0 aliphatic heterocycles. The first kappa shape index (κ1) is 15.9. The molecule has 0 unspecified atom stereocenters. The van der Waals surface area contributed by atoms with Gasteiger partial charge in [0.15, 0.2) is 5.69 Å². The molecule has 0 saturated carbocycles. The van der Waals surface area contributed by atoms with Crippen molar-refractivity contribution in [3.63, 3.8) is 0 Å². The van der Waals surface area contributed by atoms with E-state index in [2.05, 4.69) is 24.3 Å². The van der Waals surface area contributed by atoms with Crippen molar-refractivity contribution in [2.75, 3.05) is 6.54 Å². The van der Waals surface area contributed by atoms with Crippen molar-refractivity contribution in [3.05, 3.63) is 58.0 Å². The Kier molecular flexibility index (Phi) is 5.09. The van der Waals surface area contributed by atoms with Gasteiger partial charge in [0.25, 0.3) is 5.91 Å². The zero-order valence-electron chi connectivity index (χ0n) is 13.2. The van der Waals surface area contributed by atoms with E-state index in [1.807, 2.05) is 30.3 Å². The second-order valence-corrected chi connectivity index (χ2v) is 5.68. The van der Waals surface area contributed by atoms with Crippen LogP contribution in [-0.4, -0.2) is 22.2 Å². The molecule has 0 radical (unpaired) electrons. The van der Waals surface area contributed by atoms with Crippen molar-refractivity contribution < 1.29 is 4.79 Å². The van der Waals surface area contributed by atoms with Crippen LogP contribution in [0.2, 0.25) is 0 Å². The van der Waals surface area contributed by atoms with Crippen LogP contribution in [0.15, 0.2) is 41.2 Å². The minimum absolute atomic E-state index is 0.0711. The van der Waals surface area contributed by atoms with E-state index in [4.69, 9.17) is 0 Å². The van der Waals surface area contributed by atoms with Gasteiger partial charge in [-0.15, -0.1) is 0 Å². The highest BCUT2D eigenvalue weighted by molar-refractivity contribution is 5.92. The van der Waals surface area contributed by atoms with Gasteiger partial charge in [0.1, 0.15) is 0 Å². The van der Waals surface area contributed by atoms with E-state index < -0.39 is 5.91 Å². The van der Waals surface area contributed by atoms with Crippen molar-refractivity contribution in [2.24, 2.45) is 5.92 Å². The van der Waals surface area contributed by atoms with E-state index in [9.17, 15) is 9.59 Å². The Morgan fingerprint density at radius 3 is 2.59 bits per heavy atom. The van der Waals surface area contributed by atoms with Crippen LogP contribution < -0.4 is 10.7 Å². The van der Waals surface area contributed by atoms with Gasteiger partial charge in [-0.1, -0.05) is 32.0 Å². The average molecular weight is 299 g/mol. The smallest absolute Gasteiger partial charge is 0.275 e. The number of carbonyl (C=O) groups is 1. The lowest BCUT2D eigenvalue weighted by molar-refractivity contribution is 0.0944. The summed E-state index contributed by atoms with van der Waals surface area (Å²) in [6.07, 6.45) is 0.866. The van der Waals surface area contributed by atoms with E-state index in [0.29, 0.717) is 18.2 Å². The molecule has 0 aliphatic rings. The van der Waals surface area contributed by atoms with Gasteiger partial charge in [-0.25, -0.2) is 4.68 Å². The lowest BCUT2D eigenvalue weighted by atomic mass is 10.1. The predicted molar refractivity (Wildman–Crippen MR) is 86.4 cm³/mol. The molecule has 5 nitrogen and oxygen atoms in total. The highest BCUT2D eigenvalue weighted by Crippen LogP contribution is 2.07. The number of benzene rings is 1. The maximum atomic E-state index is 12.2. The molecule has 116 valence electrons. The summed E-state index contributed by atoms with van der Waals surface area (Å²) in [5, 5.41) is 6.99. The Labute approximate surface area is 130 Å². The first-order chi connectivity index (χ1) is 10.5. The normalized spacial score (nSPS) is 10.7. The van der Waals surface area contributed by atoms with Gasteiger partial charge >= 0.3 is 0 Å². The SMILES string of the molecule is Cc1cc(=O)c(C(=O)NCCC(C)C)nn1-c1ccccc1. The third-order valence-corrected chi connectivity index (χ3v) is 3.33. The van der Waals surface area contributed by atoms with Crippen LogP contribution in [0.5, 0.6) is 0 Å². The lowest BCUT2D eigenvalue weighted by Crippen LogP contribution is -2.32. The molecule has 1 aromatic carbocycles. The minimum atomic E-state index is -0.421. The van der Waals surface area contributed by atoms with Crippen LogP contribution in [0, 0.1) is 12.8 Å². The predicted octanol–water partition coefficient (Wildman–Crippen LogP) is 2.32. The molecule has 0 atom stereocenters. The van der Waals surface area contributed by atoms with Crippen molar-refractivity contribution >= 4 is 5.91 Å². The molecular weight excluding hydrogens is 278 g/mol. The summed E-state index contributed by atoms with van der Waals surface area (Å²) in [4.78, 5) is 24.2. The number of aryl methyl sites for hydroxylation is 1. The molecule has 0 bridgehead atoms. The fourth-order valence-electron chi connectivity index (χ4n) is 2.09. The lowest BCUT2D eigenvalue weighted by Gasteiger charge is -2.11. The Bertz CT molecular complexity index is 706. The number of hydrogen-bond donors (Lipinski definition) is 1. The second kappa shape index (κ2) is 7.02. The molecule has 5 heteroatoms. The van der Waals surface area contributed by atoms with Gasteiger partial charge in [0.2, 0.25) is 5.43 Å². The van der Waals surface area contributed by atoms with E-state index in [-0.39, 0.29) is 11.1 Å². The Morgan fingerprint density at radius 2 is 1.95 bits per heavy atom. The summed E-state index contributed by atoms with van der Waals surface area (Å²) in [5.41, 5.74) is 1.08. The number of carbonyl (C=O) groups excluding carboxylic acids is 1. The fourth-order valence-corrected chi connectivity index (χ4v) is 2.09. The molecule has 2 rings (SSSR count). The Balaban J connectivity index is 2.29. The van der Waals surface area contributed by atoms with E-state index in [1.54, 1.807) is 11.6 Å². The summed E-state index contributed by atoms with van der Waals surface area (Å²) in [5.74, 6) is 0.0718. The minimum Gasteiger partial charge on any atom is -0.351 e. The van der Waals surface area contributed by atoms with Gasteiger partial charge < -0.3 is 5.32 Å². The fraction of sp³-hybridized carbons (Fsp3) is 0.353. The van der Waals surface area contributed by atoms with Crippen LogP contribution >= 0.6 is 0 Å². The van der Waals surface area contributed by atoms with Crippen molar-refractivity contribution in [1.29, 1.82) is 0 Å². The molecule has 0 saturated heterocycles. The third-order valence-electron chi connectivity index (χ3n) is 3.33. The first-order valence-electron chi connectivity index (χ1n) is 7.43. The Morgan fingerprint density at radius 1 is 1.27 bits per heavy atom. The van der Waals surface area contributed by atoms with Gasteiger partial charge in [-0.2, -0.15) is 5.10 Å². The molecule has 0 fully saturated rings. The van der Waals surface area contributed by atoms with Crippen molar-refractivity contribution in [1.82, 2.24) is 15.1 Å². The standard InChI is InChI=1S/C17H21N3O2/c1-12(2)9-10-18-17(22)16-15(21)11-13(3)20(19-16)14-7-5-4-6-8-14/h4-8,11-12H,9-10H2,1-3H3,(H,18,22). The second-order valence-electron chi connectivity index (χ2n) is 5.68. The van der Waals surface area contributed by atoms with Crippen LogP contribution in [0.25, 0.3) is 5.69 Å². The molecule has 1 heterocycles. The third kappa shape index (κ3) is 3.81.